The highest BCUT2D eigenvalue weighted by atomic mass is 16.5. The molecular weight excluding hydrogens is 212 g/mol. The maximum Gasteiger partial charge on any atom is 0.0468 e. The molecule has 3 heteroatoms. The standard InChI is InChI=1S/C14H22N2O/c1-11-3-4-12(9-13(11)15)16-10-14(5-6-14)7-8-17-2/h3-4,9,16H,5-8,10,15H2,1-2H3. The summed E-state index contributed by atoms with van der Waals surface area (Å²) in [6.07, 6.45) is 3.77. The lowest BCUT2D eigenvalue weighted by Crippen LogP contribution is -2.17. The second kappa shape index (κ2) is 4.96. The molecule has 0 amide bonds. The molecule has 3 N–H and O–H groups in total. The number of methoxy groups -OCH3 is 1. The Balaban J connectivity index is 1.87. The fraction of sp³-hybridized carbons (Fsp3) is 0.571. The van der Waals surface area contributed by atoms with Crippen molar-refractivity contribution in [2.45, 2.75) is 26.2 Å². The monoisotopic (exact) mass is 234 g/mol. The van der Waals surface area contributed by atoms with Gasteiger partial charge in [-0.3, -0.25) is 0 Å². The third-order valence-electron chi connectivity index (χ3n) is 3.74. The number of hydrogen-bond acceptors (Lipinski definition) is 3. The molecule has 0 bridgehead atoms. The van der Waals surface area contributed by atoms with Gasteiger partial charge in [-0.2, -0.15) is 0 Å². The first-order valence-corrected chi connectivity index (χ1v) is 6.24. The summed E-state index contributed by atoms with van der Waals surface area (Å²) in [5.74, 6) is 0. The van der Waals surface area contributed by atoms with Gasteiger partial charge < -0.3 is 15.8 Å². The highest BCUT2D eigenvalue weighted by Gasteiger charge is 2.41. The van der Waals surface area contributed by atoms with Gasteiger partial charge in [0.05, 0.1) is 0 Å². The molecule has 0 unspecified atom stereocenters. The van der Waals surface area contributed by atoms with Crippen LogP contribution >= 0.6 is 0 Å². The summed E-state index contributed by atoms with van der Waals surface area (Å²) in [5.41, 5.74) is 9.48. The van der Waals surface area contributed by atoms with Crippen molar-refractivity contribution in [3.63, 3.8) is 0 Å². The molecular formula is C14H22N2O. The minimum atomic E-state index is 0.468. The van der Waals surface area contributed by atoms with E-state index in [1.54, 1.807) is 7.11 Å². The van der Waals surface area contributed by atoms with E-state index in [-0.39, 0.29) is 0 Å². The molecule has 0 saturated heterocycles. The average Bonchev–Trinajstić information content (AvgIpc) is 3.09. The van der Waals surface area contributed by atoms with Gasteiger partial charge in [-0.1, -0.05) is 6.07 Å². The summed E-state index contributed by atoms with van der Waals surface area (Å²) in [6, 6.07) is 6.17. The number of nitrogens with two attached hydrogens (primary N) is 1. The zero-order chi connectivity index (χ0) is 12.3. The lowest BCUT2D eigenvalue weighted by Gasteiger charge is -2.16. The smallest absolute Gasteiger partial charge is 0.0468 e. The molecule has 2 rings (SSSR count). The first kappa shape index (κ1) is 12.2. The van der Waals surface area contributed by atoms with E-state index in [9.17, 15) is 0 Å². The Morgan fingerprint density at radius 3 is 2.76 bits per heavy atom. The minimum absolute atomic E-state index is 0.468. The Labute approximate surface area is 103 Å². The van der Waals surface area contributed by atoms with Crippen molar-refractivity contribution in [2.24, 2.45) is 5.41 Å². The van der Waals surface area contributed by atoms with Crippen molar-refractivity contribution >= 4 is 11.4 Å². The number of aryl methyl sites for hydroxylation is 1. The molecule has 0 heterocycles. The van der Waals surface area contributed by atoms with Gasteiger partial charge in [-0.25, -0.2) is 0 Å². The first-order chi connectivity index (χ1) is 8.15. The Morgan fingerprint density at radius 2 is 2.18 bits per heavy atom. The maximum atomic E-state index is 5.90. The van der Waals surface area contributed by atoms with Crippen LogP contribution in [0, 0.1) is 12.3 Å². The van der Waals surface area contributed by atoms with Crippen LogP contribution in [0.15, 0.2) is 18.2 Å². The third kappa shape index (κ3) is 3.13. The van der Waals surface area contributed by atoms with Gasteiger partial charge in [0.2, 0.25) is 0 Å². The highest BCUT2D eigenvalue weighted by molar-refractivity contribution is 5.58. The van der Waals surface area contributed by atoms with Gasteiger partial charge in [0, 0.05) is 31.6 Å². The molecule has 3 nitrogen and oxygen atoms in total. The summed E-state index contributed by atoms with van der Waals surface area (Å²) < 4.78 is 5.16. The van der Waals surface area contributed by atoms with Crippen LogP contribution < -0.4 is 11.1 Å². The average molecular weight is 234 g/mol. The van der Waals surface area contributed by atoms with Gasteiger partial charge in [0.25, 0.3) is 0 Å². The van der Waals surface area contributed by atoms with Gasteiger partial charge in [0.15, 0.2) is 0 Å². The summed E-state index contributed by atoms with van der Waals surface area (Å²) >= 11 is 0. The molecule has 17 heavy (non-hydrogen) atoms. The van der Waals surface area contributed by atoms with Crippen molar-refractivity contribution in [2.75, 3.05) is 31.3 Å². The second-order valence-corrected chi connectivity index (χ2v) is 5.17. The number of benzene rings is 1. The van der Waals surface area contributed by atoms with Crippen molar-refractivity contribution in [1.82, 2.24) is 0 Å². The Bertz CT molecular complexity index is 386. The van der Waals surface area contributed by atoms with Crippen molar-refractivity contribution in [3.05, 3.63) is 23.8 Å². The zero-order valence-corrected chi connectivity index (χ0v) is 10.8. The first-order valence-electron chi connectivity index (χ1n) is 6.24. The predicted molar refractivity (Wildman–Crippen MR) is 72.2 cm³/mol. The molecule has 1 saturated carbocycles. The van der Waals surface area contributed by atoms with Crippen LogP contribution in [0.25, 0.3) is 0 Å². The molecule has 1 fully saturated rings. The topological polar surface area (TPSA) is 47.3 Å². The van der Waals surface area contributed by atoms with Crippen LogP contribution in [-0.4, -0.2) is 20.3 Å². The summed E-state index contributed by atoms with van der Waals surface area (Å²) in [4.78, 5) is 0. The summed E-state index contributed by atoms with van der Waals surface area (Å²) in [5, 5.41) is 3.49. The van der Waals surface area contributed by atoms with Crippen LogP contribution in [0.3, 0.4) is 0 Å². The van der Waals surface area contributed by atoms with Crippen LogP contribution in [0.1, 0.15) is 24.8 Å². The van der Waals surface area contributed by atoms with Gasteiger partial charge >= 0.3 is 0 Å². The van der Waals surface area contributed by atoms with E-state index in [1.165, 1.54) is 12.8 Å². The summed E-state index contributed by atoms with van der Waals surface area (Å²) in [7, 11) is 1.77. The maximum absolute atomic E-state index is 5.90. The van der Waals surface area contributed by atoms with E-state index in [2.05, 4.69) is 17.4 Å². The lowest BCUT2D eigenvalue weighted by molar-refractivity contribution is 0.175. The molecule has 94 valence electrons. The molecule has 1 aliphatic carbocycles. The fourth-order valence-corrected chi connectivity index (χ4v) is 2.05. The number of rotatable bonds is 6. The number of ether oxygens (including phenoxy) is 1. The number of nitrogen functional groups attached to an aromatic ring is 1. The molecule has 0 atom stereocenters. The van der Waals surface area contributed by atoms with E-state index < -0.39 is 0 Å². The largest absolute Gasteiger partial charge is 0.398 e. The van der Waals surface area contributed by atoms with E-state index in [0.29, 0.717) is 5.41 Å². The van der Waals surface area contributed by atoms with Crippen molar-refractivity contribution in [3.8, 4) is 0 Å². The van der Waals surface area contributed by atoms with Gasteiger partial charge in [0.1, 0.15) is 0 Å². The molecule has 1 aromatic carbocycles. The highest BCUT2D eigenvalue weighted by Crippen LogP contribution is 2.48. The Morgan fingerprint density at radius 1 is 1.41 bits per heavy atom. The van der Waals surface area contributed by atoms with Crippen molar-refractivity contribution in [1.29, 1.82) is 0 Å². The minimum Gasteiger partial charge on any atom is -0.398 e. The lowest BCUT2D eigenvalue weighted by atomic mass is 10.0. The number of nitrogens with one attached hydrogen (secondary N) is 1. The predicted octanol–water partition coefficient (Wildman–Crippen LogP) is 2.81. The SMILES string of the molecule is COCCC1(CNc2ccc(C)c(N)c2)CC1. The Kier molecular flexibility index (Phi) is 3.57. The Hall–Kier alpha value is -1.22. The zero-order valence-electron chi connectivity index (χ0n) is 10.8. The molecule has 0 spiro atoms. The van der Waals surface area contributed by atoms with Crippen LogP contribution in [0.5, 0.6) is 0 Å². The van der Waals surface area contributed by atoms with Gasteiger partial charge in [-0.15, -0.1) is 0 Å². The van der Waals surface area contributed by atoms with E-state index in [1.807, 2.05) is 13.0 Å². The second-order valence-electron chi connectivity index (χ2n) is 5.17. The molecule has 0 aliphatic heterocycles. The van der Waals surface area contributed by atoms with E-state index in [0.717, 1.165) is 36.5 Å². The number of hydrogen-bond donors (Lipinski definition) is 2. The quantitative estimate of drug-likeness (QED) is 0.744. The normalized spacial score (nSPS) is 16.8. The molecule has 0 aromatic heterocycles. The summed E-state index contributed by atoms with van der Waals surface area (Å²) in [6.45, 7) is 3.91. The third-order valence-corrected chi connectivity index (χ3v) is 3.74. The molecule has 1 aliphatic rings. The van der Waals surface area contributed by atoms with Crippen molar-refractivity contribution < 1.29 is 4.74 Å². The van der Waals surface area contributed by atoms with Crippen LogP contribution in [0.4, 0.5) is 11.4 Å². The van der Waals surface area contributed by atoms with Crippen LogP contribution in [0.2, 0.25) is 0 Å². The van der Waals surface area contributed by atoms with E-state index in [4.69, 9.17) is 10.5 Å². The molecule has 1 aromatic rings. The van der Waals surface area contributed by atoms with E-state index >= 15 is 0 Å². The fourth-order valence-electron chi connectivity index (χ4n) is 2.05. The van der Waals surface area contributed by atoms with Gasteiger partial charge in [-0.05, 0) is 49.3 Å². The van der Waals surface area contributed by atoms with Crippen LogP contribution in [-0.2, 0) is 4.74 Å². The molecule has 0 radical (unpaired) electrons. The number of anilines is 2.